The van der Waals surface area contributed by atoms with Crippen LogP contribution in [0.2, 0.25) is 0 Å². The van der Waals surface area contributed by atoms with E-state index in [-0.39, 0.29) is 18.0 Å². The van der Waals surface area contributed by atoms with E-state index >= 15 is 0 Å². The molecule has 2 heterocycles. The molecule has 110 valence electrons. The molecule has 2 atom stereocenters. The number of H-pyrrole nitrogens is 1. The van der Waals surface area contributed by atoms with Gasteiger partial charge in [-0.1, -0.05) is 28.1 Å². The van der Waals surface area contributed by atoms with E-state index in [0.29, 0.717) is 13.0 Å². The van der Waals surface area contributed by atoms with Gasteiger partial charge >= 0.3 is 0 Å². The van der Waals surface area contributed by atoms with Crippen LogP contribution in [0.4, 0.5) is 0 Å². The molecule has 1 unspecified atom stereocenters. The van der Waals surface area contributed by atoms with Crippen LogP contribution in [-0.4, -0.2) is 21.9 Å². The Balaban J connectivity index is 1.64. The molecule has 2 aromatic rings. The van der Waals surface area contributed by atoms with Crippen molar-refractivity contribution in [2.24, 2.45) is 0 Å². The minimum absolute atomic E-state index is 0.0103. The molecular weight excluding hydrogens is 332 g/mol. The molecule has 3 rings (SSSR count). The number of fused-ring (bicyclic) bond motifs is 1. The predicted octanol–water partition coefficient (Wildman–Crippen LogP) is 2.06. The number of imidazole rings is 1. The van der Waals surface area contributed by atoms with Gasteiger partial charge in [0.05, 0.1) is 29.8 Å². The van der Waals surface area contributed by atoms with Crippen molar-refractivity contribution in [2.75, 3.05) is 0 Å². The summed E-state index contributed by atoms with van der Waals surface area (Å²) in [6.07, 6.45) is 2.30. The van der Waals surface area contributed by atoms with E-state index in [1.54, 1.807) is 6.33 Å². The van der Waals surface area contributed by atoms with Crippen LogP contribution < -0.4 is 10.6 Å². The molecule has 1 aliphatic rings. The molecule has 6 heteroatoms. The maximum Gasteiger partial charge on any atom is 0.238 e. The van der Waals surface area contributed by atoms with Gasteiger partial charge in [0.25, 0.3) is 0 Å². The van der Waals surface area contributed by atoms with Crippen LogP contribution in [0.1, 0.15) is 29.9 Å². The van der Waals surface area contributed by atoms with E-state index in [1.165, 1.54) is 0 Å². The van der Waals surface area contributed by atoms with Gasteiger partial charge in [0.1, 0.15) is 0 Å². The number of aromatic amines is 1. The van der Waals surface area contributed by atoms with Crippen molar-refractivity contribution in [3.63, 3.8) is 0 Å². The largest absolute Gasteiger partial charge is 0.348 e. The summed E-state index contributed by atoms with van der Waals surface area (Å²) in [4.78, 5) is 19.7. The fraction of sp³-hybridized carbons (Fsp3) is 0.333. The first kappa shape index (κ1) is 14.3. The van der Waals surface area contributed by atoms with Crippen molar-refractivity contribution in [3.8, 4) is 0 Å². The van der Waals surface area contributed by atoms with E-state index in [0.717, 1.165) is 21.4 Å². The predicted molar refractivity (Wildman–Crippen MR) is 83.6 cm³/mol. The molecule has 1 aliphatic heterocycles. The summed E-state index contributed by atoms with van der Waals surface area (Å²) in [5, 5.41) is 6.29. The third-order valence-corrected chi connectivity index (χ3v) is 4.25. The number of amides is 1. The zero-order valence-corrected chi connectivity index (χ0v) is 13.3. The van der Waals surface area contributed by atoms with Crippen molar-refractivity contribution >= 4 is 21.8 Å². The summed E-state index contributed by atoms with van der Waals surface area (Å²) < 4.78 is 1.01. The average molecular weight is 349 g/mol. The van der Waals surface area contributed by atoms with Crippen molar-refractivity contribution in [1.82, 2.24) is 20.6 Å². The maximum atomic E-state index is 12.4. The van der Waals surface area contributed by atoms with E-state index < -0.39 is 0 Å². The highest BCUT2D eigenvalue weighted by atomic mass is 79.9. The Hall–Kier alpha value is -1.66. The summed E-state index contributed by atoms with van der Waals surface area (Å²) in [6.45, 7) is 2.64. The number of carbonyl (C=O) groups excluding carboxylic acids is 1. The molecule has 1 aromatic carbocycles. The number of hydrogen-bond donors (Lipinski definition) is 3. The fourth-order valence-electron chi connectivity index (χ4n) is 2.53. The van der Waals surface area contributed by atoms with Gasteiger partial charge in [0.2, 0.25) is 5.91 Å². The van der Waals surface area contributed by atoms with Gasteiger partial charge in [-0.3, -0.25) is 10.1 Å². The van der Waals surface area contributed by atoms with Gasteiger partial charge in [-0.2, -0.15) is 0 Å². The number of aromatic nitrogens is 2. The monoisotopic (exact) mass is 348 g/mol. The topological polar surface area (TPSA) is 69.8 Å². The number of nitrogens with one attached hydrogen (secondary N) is 3. The van der Waals surface area contributed by atoms with Crippen LogP contribution in [0.3, 0.4) is 0 Å². The average Bonchev–Trinajstić information content (AvgIpc) is 2.94. The molecule has 0 saturated carbocycles. The lowest BCUT2D eigenvalue weighted by Gasteiger charge is -2.24. The highest BCUT2D eigenvalue weighted by Gasteiger charge is 2.26. The Labute approximate surface area is 131 Å². The Bertz CT molecular complexity index is 655. The van der Waals surface area contributed by atoms with E-state index in [4.69, 9.17) is 0 Å². The first-order chi connectivity index (χ1) is 10.1. The van der Waals surface area contributed by atoms with Crippen molar-refractivity contribution in [1.29, 1.82) is 0 Å². The first-order valence-electron chi connectivity index (χ1n) is 6.94. The molecule has 0 bridgehead atoms. The standard InChI is InChI=1S/C15H17BrN4O/c1-9(10-3-2-4-11(16)5-10)20-15(21)13-6-12-14(7-17-13)19-8-18-12/h2-5,8-9,13,17H,6-7H2,1H3,(H,18,19)(H,20,21)/t9-,13?/m1/s1. The Kier molecular flexibility index (Phi) is 4.07. The Morgan fingerprint density at radius 1 is 1.52 bits per heavy atom. The van der Waals surface area contributed by atoms with Crippen molar-refractivity contribution in [2.45, 2.75) is 32.0 Å². The summed E-state index contributed by atoms with van der Waals surface area (Å²) in [6, 6.07) is 7.71. The summed E-state index contributed by atoms with van der Waals surface area (Å²) in [5.74, 6) is 0.0103. The molecule has 0 saturated heterocycles. The number of carbonyl (C=O) groups is 1. The van der Waals surface area contributed by atoms with Gasteiger partial charge in [-0.25, -0.2) is 4.98 Å². The normalized spacial score (nSPS) is 18.9. The maximum absolute atomic E-state index is 12.4. The first-order valence-corrected chi connectivity index (χ1v) is 7.73. The van der Waals surface area contributed by atoms with Crippen LogP contribution in [-0.2, 0) is 17.8 Å². The van der Waals surface area contributed by atoms with Gasteiger partial charge in [-0.15, -0.1) is 0 Å². The molecule has 3 N–H and O–H groups in total. The molecule has 0 aliphatic carbocycles. The van der Waals surface area contributed by atoms with E-state index in [1.807, 2.05) is 31.2 Å². The second kappa shape index (κ2) is 5.99. The van der Waals surface area contributed by atoms with Crippen molar-refractivity contribution < 1.29 is 4.79 Å². The number of nitrogens with zero attached hydrogens (tertiary/aromatic N) is 1. The van der Waals surface area contributed by atoms with Gasteiger partial charge in [0.15, 0.2) is 0 Å². The third kappa shape index (κ3) is 3.16. The number of halogens is 1. The number of rotatable bonds is 3. The Morgan fingerprint density at radius 2 is 2.38 bits per heavy atom. The smallest absolute Gasteiger partial charge is 0.238 e. The van der Waals surface area contributed by atoms with Crippen LogP contribution in [0, 0.1) is 0 Å². The number of hydrogen-bond acceptors (Lipinski definition) is 3. The lowest BCUT2D eigenvalue weighted by molar-refractivity contribution is -0.124. The molecule has 1 aromatic heterocycles. The minimum Gasteiger partial charge on any atom is -0.348 e. The van der Waals surface area contributed by atoms with Gasteiger partial charge < -0.3 is 10.3 Å². The summed E-state index contributed by atoms with van der Waals surface area (Å²) >= 11 is 3.45. The van der Waals surface area contributed by atoms with E-state index in [2.05, 4.69) is 36.5 Å². The molecule has 0 spiro atoms. The quantitative estimate of drug-likeness (QED) is 0.795. The third-order valence-electron chi connectivity index (χ3n) is 3.75. The molecule has 0 fully saturated rings. The van der Waals surface area contributed by atoms with Gasteiger partial charge in [0, 0.05) is 17.4 Å². The molecule has 1 amide bonds. The van der Waals surface area contributed by atoms with Crippen LogP contribution in [0.5, 0.6) is 0 Å². The lowest BCUT2D eigenvalue weighted by atomic mass is 10.0. The SMILES string of the molecule is C[C@@H](NC(=O)C1Cc2nc[nH]c2CN1)c1cccc(Br)c1. The minimum atomic E-state index is -0.226. The summed E-state index contributed by atoms with van der Waals surface area (Å²) in [5.41, 5.74) is 3.12. The molecule has 5 nitrogen and oxygen atoms in total. The second-order valence-electron chi connectivity index (χ2n) is 5.25. The van der Waals surface area contributed by atoms with Crippen molar-refractivity contribution in [3.05, 3.63) is 52.0 Å². The zero-order chi connectivity index (χ0) is 14.8. The highest BCUT2D eigenvalue weighted by molar-refractivity contribution is 9.10. The van der Waals surface area contributed by atoms with Gasteiger partial charge in [-0.05, 0) is 24.6 Å². The second-order valence-corrected chi connectivity index (χ2v) is 6.17. The van der Waals surface area contributed by atoms with Crippen LogP contribution in [0.15, 0.2) is 35.1 Å². The lowest BCUT2D eigenvalue weighted by Crippen LogP contribution is -2.48. The number of benzene rings is 1. The molecular formula is C15H17BrN4O. The highest BCUT2D eigenvalue weighted by Crippen LogP contribution is 2.18. The molecule has 0 radical (unpaired) electrons. The van der Waals surface area contributed by atoms with E-state index in [9.17, 15) is 4.79 Å². The summed E-state index contributed by atoms with van der Waals surface area (Å²) in [7, 11) is 0. The van der Waals surface area contributed by atoms with Crippen LogP contribution >= 0.6 is 15.9 Å². The zero-order valence-electron chi connectivity index (χ0n) is 11.7. The van der Waals surface area contributed by atoms with Crippen LogP contribution in [0.25, 0.3) is 0 Å². The fourth-order valence-corrected chi connectivity index (χ4v) is 2.94. The molecule has 21 heavy (non-hydrogen) atoms. The Morgan fingerprint density at radius 3 is 3.19 bits per heavy atom.